The Kier molecular flexibility index (Phi) is 9.69. The molecule has 0 aliphatic carbocycles. The second kappa shape index (κ2) is 13.7. The van der Waals surface area contributed by atoms with Gasteiger partial charge in [0.05, 0.1) is 23.0 Å². The summed E-state index contributed by atoms with van der Waals surface area (Å²) in [4.78, 5) is -0.244. The van der Waals surface area contributed by atoms with Crippen molar-refractivity contribution in [3.63, 3.8) is 0 Å². The topological polar surface area (TPSA) is 124 Å². The second-order valence-corrected chi connectivity index (χ2v) is 14.3. The van der Waals surface area contributed by atoms with Crippen molar-refractivity contribution in [3.05, 3.63) is 131 Å². The molecule has 0 spiro atoms. The fourth-order valence-electron chi connectivity index (χ4n) is 5.24. The van der Waals surface area contributed by atoms with Crippen molar-refractivity contribution in [2.75, 3.05) is 6.61 Å². The molecular formula is C34H34O10S2. The predicted molar refractivity (Wildman–Crippen MR) is 166 cm³/mol. The van der Waals surface area contributed by atoms with Crippen molar-refractivity contribution in [1.29, 1.82) is 0 Å². The first kappa shape index (κ1) is 32.5. The van der Waals surface area contributed by atoms with E-state index in [-0.39, 0.29) is 23.0 Å². The van der Waals surface area contributed by atoms with Crippen molar-refractivity contribution in [1.82, 2.24) is 0 Å². The van der Waals surface area contributed by atoms with Crippen LogP contribution in [0.3, 0.4) is 0 Å². The van der Waals surface area contributed by atoms with Gasteiger partial charge in [-0.1, -0.05) is 96.1 Å². The Morgan fingerprint density at radius 1 is 0.652 bits per heavy atom. The standard InChI is InChI=1S/C34H34O10S2/c1-23-13-17-27(18-14-23)45(35,36)43-31-30-29(22-40-33(42-30)26-11-7-4-8-12-26)41-34(39-21-25-9-5-3-6-10-25)32(31)44-46(37,38)28-19-15-24(2)16-20-28/h3-20,29-34H,21-22H2,1-2H3/t29-,30-,31+,32-,33+,34-/m1/s1. The van der Waals surface area contributed by atoms with E-state index in [1.165, 1.54) is 24.3 Å². The van der Waals surface area contributed by atoms with Crippen molar-refractivity contribution >= 4 is 20.2 Å². The SMILES string of the molecule is Cc1ccc(S(=O)(=O)O[C@@H]2[C@@H](OS(=O)(=O)c3ccc(C)cc3)[C@H](OCc3ccccc3)O[C@@H]3CO[C@H](c4ccccc4)O[C@@H]23)cc1. The molecule has 0 amide bonds. The van der Waals surface area contributed by atoms with Crippen LogP contribution in [-0.4, -0.2) is 54.1 Å². The van der Waals surface area contributed by atoms with E-state index in [1.807, 2.05) is 62.4 Å². The number of benzene rings is 4. The van der Waals surface area contributed by atoms with Crippen LogP contribution in [0.1, 0.15) is 28.5 Å². The molecule has 0 unspecified atom stereocenters. The molecule has 2 aliphatic rings. The van der Waals surface area contributed by atoms with E-state index in [1.54, 1.807) is 36.4 Å². The molecule has 4 aromatic rings. The van der Waals surface area contributed by atoms with E-state index in [0.29, 0.717) is 5.56 Å². The fourth-order valence-corrected chi connectivity index (χ4v) is 7.40. The number of fused-ring (bicyclic) bond motifs is 1. The molecule has 2 aliphatic heterocycles. The van der Waals surface area contributed by atoms with Crippen LogP contribution in [0.15, 0.2) is 119 Å². The molecule has 0 radical (unpaired) electrons. The van der Waals surface area contributed by atoms with Crippen LogP contribution in [0.2, 0.25) is 0 Å². The Morgan fingerprint density at radius 3 is 1.74 bits per heavy atom. The van der Waals surface area contributed by atoms with E-state index in [9.17, 15) is 16.8 Å². The monoisotopic (exact) mass is 666 g/mol. The molecule has 0 N–H and O–H groups in total. The number of hydrogen-bond donors (Lipinski definition) is 0. The maximum atomic E-state index is 13.7. The maximum absolute atomic E-state index is 13.7. The van der Waals surface area contributed by atoms with Gasteiger partial charge in [-0.25, -0.2) is 0 Å². The minimum atomic E-state index is -4.48. The van der Waals surface area contributed by atoms with Crippen molar-refractivity contribution in [3.8, 4) is 0 Å². The van der Waals surface area contributed by atoms with Gasteiger partial charge >= 0.3 is 0 Å². The van der Waals surface area contributed by atoms with Crippen LogP contribution in [0.25, 0.3) is 0 Å². The molecule has 4 aromatic carbocycles. The average Bonchev–Trinajstić information content (AvgIpc) is 3.06. The summed E-state index contributed by atoms with van der Waals surface area (Å²) < 4.78 is 91.2. The smallest absolute Gasteiger partial charge is 0.297 e. The summed E-state index contributed by atoms with van der Waals surface area (Å²) in [6.45, 7) is 3.65. The third kappa shape index (κ3) is 7.40. The van der Waals surface area contributed by atoms with Crippen LogP contribution in [0.5, 0.6) is 0 Å². The van der Waals surface area contributed by atoms with Crippen LogP contribution >= 0.6 is 0 Å². The Labute approximate surface area is 269 Å². The lowest BCUT2D eigenvalue weighted by Gasteiger charge is -2.48. The van der Waals surface area contributed by atoms with Gasteiger partial charge in [-0.2, -0.15) is 16.8 Å². The molecule has 6 rings (SSSR count). The molecule has 0 bridgehead atoms. The number of rotatable bonds is 10. The zero-order valence-corrected chi connectivity index (χ0v) is 26.8. The number of aryl methyl sites for hydroxylation is 2. The summed E-state index contributed by atoms with van der Waals surface area (Å²) in [6.07, 6.45) is -7.45. The van der Waals surface area contributed by atoms with E-state index in [2.05, 4.69) is 0 Å². The number of hydrogen-bond acceptors (Lipinski definition) is 10. The van der Waals surface area contributed by atoms with Crippen LogP contribution < -0.4 is 0 Å². The van der Waals surface area contributed by atoms with Crippen LogP contribution in [0, 0.1) is 13.8 Å². The van der Waals surface area contributed by atoms with E-state index >= 15 is 0 Å². The minimum Gasteiger partial charge on any atom is -0.346 e. The molecule has 2 heterocycles. The normalized spacial score (nSPS) is 25.1. The lowest BCUT2D eigenvalue weighted by molar-refractivity contribution is -0.355. The highest BCUT2D eigenvalue weighted by Crippen LogP contribution is 2.39. The van der Waals surface area contributed by atoms with Crippen LogP contribution in [-0.2, 0) is 54.2 Å². The minimum absolute atomic E-state index is 0.0130. The van der Waals surface area contributed by atoms with Gasteiger partial charge in [-0.05, 0) is 43.7 Å². The zero-order valence-electron chi connectivity index (χ0n) is 25.2. The number of ether oxygens (including phenoxy) is 4. The molecule has 2 fully saturated rings. The Bertz CT molecular complexity index is 1810. The highest BCUT2D eigenvalue weighted by atomic mass is 32.2. The summed E-state index contributed by atoms with van der Waals surface area (Å²) in [5, 5.41) is 0. The molecular weight excluding hydrogens is 632 g/mol. The van der Waals surface area contributed by atoms with E-state index < -0.39 is 57.2 Å². The van der Waals surface area contributed by atoms with Gasteiger partial charge < -0.3 is 18.9 Å². The Balaban J connectivity index is 1.40. The molecule has 12 heteroatoms. The van der Waals surface area contributed by atoms with Gasteiger partial charge in [0.1, 0.15) is 18.3 Å². The molecule has 46 heavy (non-hydrogen) atoms. The van der Waals surface area contributed by atoms with Crippen molar-refractivity contribution in [2.24, 2.45) is 0 Å². The van der Waals surface area contributed by atoms with E-state index in [4.69, 9.17) is 27.3 Å². The summed E-state index contributed by atoms with van der Waals surface area (Å²) in [5.74, 6) is 0. The van der Waals surface area contributed by atoms with Gasteiger partial charge in [0, 0.05) is 5.56 Å². The fraction of sp³-hybridized carbons (Fsp3) is 0.294. The van der Waals surface area contributed by atoms with E-state index in [0.717, 1.165) is 16.7 Å². The van der Waals surface area contributed by atoms with Gasteiger partial charge in [-0.15, -0.1) is 0 Å². The van der Waals surface area contributed by atoms with Gasteiger partial charge in [-0.3, -0.25) is 8.37 Å². The van der Waals surface area contributed by atoms with Crippen molar-refractivity contribution in [2.45, 2.75) is 67.2 Å². The van der Waals surface area contributed by atoms with Crippen LogP contribution in [0.4, 0.5) is 0 Å². The molecule has 242 valence electrons. The van der Waals surface area contributed by atoms with Gasteiger partial charge in [0.2, 0.25) is 0 Å². The summed E-state index contributed by atoms with van der Waals surface area (Å²) >= 11 is 0. The third-order valence-corrected chi connectivity index (χ3v) is 10.4. The van der Waals surface area contributed by atoms with Gasteiger partial charge in [0.25, 0.3) is 20.2 Å². The predicted octanol–water partition coefficient (Wildman–Crippen LogP) is 5.21. The Morgan fingerprint density at radius 2 is 1.17 bits per heavy atom. The zero-order chi connectivity index (χ0) is 32.3. The summed E-state index contributed by atoms with van der Waals surface area (Å²) in [7, 11) is -8.94. The Hall–Kier alpha value is -3.46. The first-order chi connectivity index (χ1) is 22.1. The van der Waals surface area contributed by atoms with Crippen molar-refractivity contribution < 1.29 is 44.1 Å². The molecule has 6 atom stereocenters. The van der Waals surface area contributed by atoms with Gasteiger partial charge in [0.15, 0.2) is 18.7 Å². The second-order valence-electron chi connectivity index (χ2n) is 11.2. The summed E-state index contributed by atoms with van der Waals surface area (Å²) in [5.41, 5.74) is 3.15. The first-order valence-corrected chi connectivity index (χ1v) is 17.5. The third-order valence-electron chi connectivity index (χ3n) is 7.71. The maximum Gasteiger partial charge on any atom is 0.297 e. The highest BCUT2D eigenvalue weighted by molar-refractivity contribution is 7.87. The highest BCUT2D eigenvalue weighted by Gasteiger charge is 2.55. The summed E-state index contributed by atoms with van der Waals surface area (Å²) in [6, 6.07) is 30.5. The molecule has 2 saturated heterocycles. The average molecular weight is 667 g/mol. The lowest BCUT2D eigenvalue weighted by Crippen LogP contribution is -2.64. The molecule has 0 saturated carbocycles. The molecule has 10 nitrogen and oxygen atoms in total. The quantitative estimate of drug-likeness (QED) is 0.209. The lowest BCUT2D eigenvalue weighted by atomic mass is 9.98. The first-order valence-electron chi connectivity index (χ1n) is 14.7. The molecule has 0 aromatic heterocycles. The largest absolute Gasteiger partial charge is 0.346 e.